The minimum absolute atomic E-state index is 0.196. The second kappa shape index (κ2) is 11.0. The van der Waals surface area contributed by atoms with Gasteiger partial charge in [-0.15, -0.1) is 0 Å². The summed E-state index contributed by atoms with van der Waals surface area (Å²) in [5, 5.41) is 6.94. The molecule has 4 aromatic rings. The molecule has 3 heterocycles. The molecule has 1 aliphatic rings. The van der Waals surface area contributed by atoms with E-state index < -0.39 is 0 Å². The summed E-state index contributed by atoms with van der Waals surface area (Å²) in [5.41, 5.74) is 4.54. The molecule has 10 nitrogen and oxygen atoms in total. The van der Waals surface area contributed by atoms with Gasteiger partial charge in [0, 0.05) is 41.1 Å². The van der Waals surface area contributed by atoms with Gasteiger partial charge in [0.15, 0.2) is 11.5 Å². The molecule has 0 unspecified atom stereocenters. The maximum absolute atomic E-state index is 12.8. The third-order valence-corrected chi connectivity index (χ3v) is 5.90. The van der Waals surface area contributed by atoms with Crippen molar-refractivity contribution in [2.24, 2.45) is 4.99 Å². The predicted octanol–water partition coefficient (Wildman–Crippen LogP) is 4.15. The maximum Gasteiger partial charge on any atom is 0.250 e. The molecule has 0 atom stereocenters. The molecule has 0 saturated carbocycles. The van der Waals surface area contributed by atoms with E-state index in [1.165, 1.54) is 6.08 Å². The lowest BCUT2D eigenvalue weighted by Crippen LogP contribution is -2.35. The summed E-state index contributed by atoms with van der Waals surface area (Å²) >= 11 is 0. The van der Waals surface area contributed by atoms with E-state index in [2.05, 4.69) is 30.6 Å². The Kier molecular flexibility index (Phi) is 7.21. The van der Waals surface area contributed by atoms with Crippen molar-refractivity contribution in [2.75, 3.05) is 25.8 Å². The third-order valence-electron chi connectivity index (χ3n) is 5.90. The lowest BCUT2D eigenvalue weighted by Gasteiger charge is -2.10. The van der Waals surface area contributed by atoms with E-state index in [-0.39, 0.29) is 18.7 Å². The van der Waals surface area contributed by atoms with E-state index in [4.69, 9.17) is 14.2 Å². The first kappa shape index (κ1) is 24.8. The fourth-order valence-electron chi connectivity index (χ4n) is 4.12. The summed E-state index contributed by atoms with van der Waals surface area (Å²) in [7, 11) is 1.65. The quantitative estimate of drug-likeness (QED) is 0.193. The number of amides is 1. The lowest BCUT2D eigenvalue weighted by molar-refractivity contribution is -0.115. The molecule has 0 spiro atoms. The number of hydrogen-bond donors (Lipinski definition) is 3. The molecule has 0 radical (unpaired) electrons. The number of hydrogen-bond acceptors (Lipinski definition) is 7. The number of anilines is 1. The van der Waals surface area contributed by atoms with E-state index in [1.807, 2.05) is 62.5 Å². The molecular formula is C28H28N6O4. The first-order valence-corrected chi connectivity index (χ1v) is 12.1. The SMILES string of the molecule is COc1ccc2[nH]cc(CCN=C(NC(=O)C=Cc3ccc4c(c3)OCO4)Nc3nc(C)cc(C)n3)c2c1. The number of nitrogens with one attached hydrogen (secondary N) is 3. The fourth-order valence-corrected chi connectivity index (χ4v) is 4.12. The van der Waals surface area contributed by atoms with E-state index >= 15 is 0 Å². The van der Waals surface area contributed by atoms with Gasteiger partial charge in [-0.05, 0) is 73.9 Å². The van der Waals surface area contributed by atoms with Crippen LogP contribution in [0.15, 0.2) is 59.7 Å². The maximum atomic E-state index is 12.8. The summed E-state index contributed by atoms with van der Waals surface area (Å²) in [4.78, 5) is 29.5. The highest BCUT2D eigenvalue weighted by atomic mass is 16.7. The molecule has 38 heavy (non-hydrogen) atoms. The number of aliphatic imine (C=N–C) groups is 1. The van der Waals surface area contributed by atoms with Gasteiger partial charge in [0.25, 0.3) is 5.91 Å². The number of H-pyrrole nitrogens is 1. The Labute approximate surface area is 219 Å². The number of nitrogens with zero attached hydrogens (tertiary/aromatic N) is 3. The summed E-state index contributed by atoms with van der Waals surface area (Å²) in [6, 6.07) is 13.3. The average molecular weight is 513 g/mol. The smallest absolute Gasteiger partial charge is 0.250 e. The second-order valence-electron chi connectivity index (χ2n) is 8.74. The summed E-state index contributed by atoms with van der Waals surface area (Å²) in [6.07, 6.45) is 5.74. The number of benzene rings is 2. The second-order valence-corrected chi connectivity index (χ2v) is 8.74. The minimum Gasteiger partial charge on any atom is -0.497 e. The molecule has 5 rings (SSSR count). The zero-order chi connectivity index (χ0) is 26.5. The number of carbonyl (C=O) groups is 1. The Morgan fingerprint density at radius 3 is 2.74 bits per heavy atom. The number of aromatic amines is 1. The molecule has 0 fully saturated rings. The van der Waals surface area contributed by atoms with Crippen molar-refractivity contribution in [3.05, 3.63) is 77.3 Å². The molecule has 2 aromatic heterocycles. The topological polar surface area (TPSA) is 123 Å². The Balaban J connectivity index is 1.31. The molecule has 10 heteroatoms. The van der Waals surface area contributed by atoms with Crippen molar-refractivity contribution in [3.8, 4) is 17.2 Å². The van der Waals surface area contributed by atoms with Crippen LogP contribution in [0.25, 0.3) is 17.0 Å². The molecule has 0 bridgehead atoms. The number of guanidine groups is 1. The zero-order valence-electron chi connectivity index (χ0n) is 21.4. The van der Waals surface area contributed by atoms with Crippen molar-refractivity contribution in [3.63, 3.8) is 0 Å². The first-order chi connectivity index (χ1) is 18.5. The van der Waals surface area contributed by atoms with Crippen molar-refractivity contribution >= 4 is 34.8 Å². The predicted molar refractivity (Wildman–Crippen MR) is 146 cm³/mol. The number of aromatic nitrogens is 3. The van der Waals surface area contributed by atoms with E-state index in [9.17, 15) is 4.79 Å². The molecule has 0 saturated heterocycles. The fraction of sp³-hybridized carbons (Fsp3) is 0.214. The van der Waals surface area contributed by atoms with Crippen LogP contribution < -0.4 is 24.8 Å². The van der Waals surface area contributed by atoms with Gasteiger partial charge in [0.2, 0.25) is 18.7 Å². The van der Waals surface area contributed by atoms with Crippen LogP contribution in [0.2, 0.25) is 0 Å². The molecule has 2 aromatic carbocycles. The normalized spacial score (nSPS) is 12.8. The Morgan fingerprint density at radius 1 is 1.11 bits per heavy atom. The van der Waals surface area contributed by atoms with E-state index in [0.717, 1.165) is 39.2 Å². The summed E-state index contributed by atoms with van der Waals surface area (Å²) in [5.74, 6) is 2.39. The monoisotopic (exact) mass is 512 g/mol. The Bertz CT molecular complexity index is 1520. The van der Waals surface area contributed by atoms with Crippen LogP contribution in [-0.4, -0.2) is 47.3 Å². The summed E-state index contributed by atoms with van der Waals surface area (Å²) in [6.45, 7) is 4.38. The molecule has 3 N–H and O–H groups in total. The van der Waals surface area contributed by atoms with Crippen molar-refractivity contribution in [1.82, 2.24) is 20.3 Å². The standard InChI is InChI=1S/C28H28N6O4/c1-17-12-18(2)32-28(31-17)34-27(29-11-10-20-15-30-23-7-6-21(36-3)14-22(20)23)33-26(35)9-5-19-4-8-24-25(13-19)38-16-37-24/h4-9,12-15,30H,10-11,16H2,1-3H3,(H2,29,31,32,33,34,35). The van der Waals surface area contributed by atoms with Crippen LogP contribution in [-0.2, 0) is 11.2 Å². The van der Waals surface area contributed by atoms with E-state index in [1.54, 1.807) is 13.2 Å². The minimum atomic E-state index is -0.352. The largest absolute Gasteiger partial charge is 0.497 e. The first-order valence-electron chi connectivity index (χ1n) is 12.1. The van der Waals surface area contributed by atoms with Gasteiger partial charge in [-0.3, -0.25) is 20.4 Å². The highest BCUT2D eigenvalue weighted by molar-refractivity contribution is 6.08. The summed E-state index contributed by atoms with van der Waals surface area (Å²) < 4.78 is 16.1. The van der Waals surface area contributed by atoms with Gasteiger partial charge in [0.05, 0.1) is 7.11 Å². The van der Waals surface area contributed by atoms with Crippen molar-refractivity contribution < 1.29 is 19.0 Å². The van der Waals surface area contributed by atoms with Crippen LogP contribution in [0.3, 0.4) is 0 Å². The molecular weight excluding hydrogens is 484 g/mol. The van der Waals surface area contributed by atoms with Crippen LogP contribution in [0, 0.1) is 13.8 Å². The lowest BCUT2D eigenvalue weighted by atomic mass is 10.1. The molecule has 1 aliphatic heterocycles. The van der Waals surface area contributed by atoms with Gasteiger partial charge in [0.1, 0.15) is 5.75 Å². The van der Waals surface area contributed by atoms with Crippen LogP contribution in [0.5, 0.6) is 17.2 Å². The highest BCUT2D eigenvalue weighted by Crippen LogP contribution is 2.32. The molecule has 194 valence electrons. The number of aryl methyl sites for hydroxylation is 2. The van der Waals surface area contributed by atoms with Crippen molar-refractivity contribution in [2.45, 2.75) is 20.3 Å². The number of methoxy groups -OCH3 is 1. The number of rotatable bonds is 7. The zero-order valence-corrected chi connectivity index (χ0v) is 21.4. The van der Waals surface area contributed by atoms with Gasteiger partial charge in [-0.25, -0.2) is 9.97 Å². The number of ether oxygens (including phenoxy) is 3. The van der Waals surface area contributed by atoms with Crippen LogP contribution >= 0.6 is 0 Å². The van der Waals surface area contributed by atoms with Crippen LogP contribution in [0.1, 0.15) is 22.5 Å². The molecule has 1 amide bonds. The van der Waals surface area contributed by atoms with Gasteiger partial charge in [-0.2, -0.15) is 0 Å². The Morgan fingerprint density at radius 2 is 1.92 bits per heavy atom. The molecule has 0 aliphatic carbocycles. The Hall–Kier alpha value is -4.86. The van der Waals surface area contributed by atoms with Crippen molar-refractivity contribution in [1.29, 1.82) is 0 Å². The average Bonchev–Trinajstić information content (AvgIpc) is 3.53. The third kappa shape index (κ3) is 5.92. The number of fused-ring (bicyclic) bond motifs is 2. The van der Waals surface area contributed by atoms with Gasteiger partial charge >= 0.3 is 0 Å². The van der Waals surface area contributed by atoms with Gasteiger partial charge < -0.3 is 19.2 Å². The van der Waals surface area contributed by atoms with Gasteiger partial charge in [-0.1, -0.05) is 6.07 Å². The highest BCUT2D eigenvalue weighted by Gasteiger charge is 2.13. The number of carbonyl (C=O) groups excluding carboxylic acids is 1. The van der Waals surface area contributed by atoms with Crippen LogP contribution in [0.4, 0.5) is 5.95 Å². The van der Waals surface area contributed by atoms with E-state index in [0.29, 0.717) is 30.4 Å².